The normalized spacial score (nSPS) is 10.5. The topological polar surface area (TPSA) is 75.6 Å². The first-order chi connectivity index (χ1) is 10.1. The van der Waals surface area contributed by atoms with Gasteiger partial charge in [0, 0.05) is 55.1 Å². The van der Waals surface area contributed by atoms with Crippen molar-refractivity contribution in [3.05, 3.63) is 0 Å². The van der Waals surface area contributed by atoms with Crippen molar-refractivity contribution in [2.75, 3.05) is 76.8 Å². The minimum atomic E-state index is 0.554. The van der Waals surface area contributed by atoms with E-state index in [1.54, 1.807) is 21.3 Å². The Morgan fingerprint density at radius 3 is 2.19 bits per heavy atom. The molecule has 8 heteroatoms. The Morgan fingerprint density at radius 1 is 0.952 bits per heavy atom. The maximum Gasteiger partial charge on any atom is 0.232 e. The van der Waals surface area contributed by atoms with Crippen molar-refractivity contribution >= 4 is 17.8 Å². The van der Waals surface area contributed by atoms with E-state index >= 15 is 0 Å². The number of ether oxygens (including phenoxy) is 2. The van der Waals surface area contributed by atoms with Crippen molar-refractivity contribution in [2.24, 2.45) is 0 Å². The quantitative estimate of drug-likeness (QED) is 0.625. The Balaban J connectivity index is 2.94. The van der Waals surface area contributed by atoms with Gasteiger partial charge in [-0.25, -0.2) is 0 Å². The van der Waals surface area contributed by atoms with Crippen LogP contribution >= 0.6 is 0 Å². The third-order valence-corrected chi connectivity index (χ3v) is 2.86. The Labute approximate surface area is 126 Å². The Bertz CT molecular complexity index is 416. The van der Waals surface area contributed by atoms with E-state index in [2.05, 4.69) is 25.2 Å². The molecule has 0 bridgehead atoms. The lowest BCUT2D eigenvalue weighted by Crippen LogP contribution is -2.31. The lowest BCUT2D eigenvalue weighted by Gasteiger charge is -2.23. The van der Waals surface area contributed by atoms with Gasteiger partial charge in [0.15, 0.2) is 0 Å². The van der Waals surface area contributed by atoms with E-state index in [0.29, 0.717) is 31.1 Å². The Morgan fingerprint density at radius 2 is 1.62 bits per heavy atom. The van der Waals surface area contributed by atoms with Crippen molar-refractivity contribution in [3.63, 3.8) is 0 Å². The zero-order valence-corrected chi connectivity index (χ0v) is 13.6. The van der Waals surface area contributed by atoms with Crippen molar-refractivity contribution < 1.29 is 9.47 Å². The summed E-state index contributed by atoms with van der Waals surface area (Å²) in [6.07, 6.45) is 0.901. The first-order valence-electron chi connectivity index (χ1n) is 6.96. The number of methoxy groups -OCH3 is 2. The fourth-order valence-corrected chi connectivity index (χ4v) is 1.72. The SMILES string of the molecule is CNc1nc(N(C)C)nc(N(CCCOC)CCOC)n1. The summed E-state index contributed by atoms with van der Waals surface area (Å²) in [5.41, 5.74) is 0. The summed E-state index contributed by atoms with van der Waals surface area (Å²) in [5.74, 6) is 1.82. The highest BCUT2D eigenvalue weighted by Gasteiger charge is 2.14. The average molecular weight is 298 g/mol. The molecular weight excluding hydrogens is 272 g/mol. The molecule has 0 aliphatic rings. The molecule has 1 rings (SSSR count). The van der Waals surface area contributed by atoms with Crippen molar-refractivity contribution in [2.45, 2.75) is 6.42 Å². The summed E-state index contributed by atoms with van der Waals surface area (Å²) < 4.78 is 10.3. The molecule has 0 spiro atoms. The van der Waals surface area contributed by atoms with E-state index in [-0.39, 0.29) is 0 Å². The average Bonchev–Trinajstić information content (AvgIpc) is 2.50. The van der Waals surface area contributed by atoms with Gasteiger partial charge in [0.2, 0.25) is 17.8 Å². The van der Waals surface area contributed by atoms with Crippen LogP contribution < -0.4 is 15.1 Å². The largest absolute Gasteiger partial charge is 0.385 e. The van der Waals surface area contributed by atoms with Gasteiger partial charge in [-0.2, -0.15) is 15.0 Å². The van der Waals surface area contributed by atoms with Gasteiger partial charge in [-0.1, -0.05) is 0 Å². The molecule has 0 saturated heterocycles. The third-order valence-electron chi connectivity index (χ3n) is 2.86. The van der Waals surface area contributed by atoms with Gasteiger partial charge in [-0.15, -0.1) is 0 Å². The van der Waals surface area contributed by atoms with Gasteiger partial charge >= 0.3 is 0 Å². The summed E-state index contributed by atoms with van der Waals surface area (Å²) >= 11 is 0. The molecule has 0 unspecified atom stereocenters. The van der Waals surface area contributed by atoms with Crippen LogP contribution in [0.4, 0.5) is 17.8 Å². The van der Waals surface area contributed by atoms with Gasteiger partial charge in [-0.05, 0) is 6.42 Å². The molecule has 0 atom stereocenters. The van der Waals surface area contributed by atoms with Crippen molar-refractivity contribution in [1.82, 2.24) is 15.0 Å². The second kappa shape index (κ2) is 9.30. The van der Waals surface area contributed by atoms with E-state index in [1.165, 1.54) is 0 Å². The second-order valence-electron chi connectivity index (χ2n) is 4.73. The van der Waals surface area contributed by atoms with Crippen LogP contribution in [0.2, 0.25) is 0 Å². The van der Waals surface area contributed by atoms with E-state index < -0.39 is 0 Å². The maximum atomic E-state index is 5.16. The number of aromatic nitrogens is 3. The van der Waals surface area contributed by atoms with Gasteiger partial charge in [0.1, 0.15) is 0 Å². The maximum absolute atomic E-state index is 5.16. The van der Waals surface area contributed by atoms with Crippen LogP contribution in [-0.2, 0) is 9.47 Å². The fourth-order valence-electron chi connectivity index (χ4n) is 1.72. The number of nitrogens with zero attached hydrogens (tertiary/aromatic N) is 5. The van der Waals surface area contributed by atoms with Gasteiger partial charge in [0.05, 0.1) is 6.61 Å². The first-order valence-corrected chi connectivity index (χ1v) is 6.96. The molecule has 1 aromatic heterocycles. The molecule has 21 heavy (non-hydrogen) atoms. The zero-order valence-electron chi connectivity index (χ0n) is 13.6. The molecule has 0 radical (unpaired) electrons. The van der Waals surface area contributed by atoms with Gasteiger partial charge in [-0.3, -0.25) is 0 Å². The molecule has 0 aliphatic heterocycles. The molecule has 1 aromatic rings. The summed E-state index contributed by atoms with van der Waals surface area (Å²) in [6, 6.07) is 0. The minimum absolute atomic E-state index is 0.554. The van der Waals surface area contributed by atoms with Gasteiger partial charge in [0.25, 0.3) is 0 Å². The molecule has 0 saturated carbocycles. The summed E-state index contributed by atoms with van der Waals surface area (Å²) in [5, 5.41) is 2.97. The summed E-state index contributed by atoms with van der Waals surface area (Å²) in [6.45, 7) is 2.84. The molecule has 1 heterocycles. The molecule has 8 nitrogen and oxygen atoms in total. The van der Waals surface area contributed by atoms with Crippen LogP contribution in [0.15, 0.2) is 0 Å². The minimum Gasteiger partial charge on any atom is -0.385 e. The Hall–Kier alpha value is -1.67. The highest BCUT2D eigenvalue weighted by molar-refractivity contribution is 5.44. The lowest BCUT2D eigenvalue weighted by molar-refractivity contribution is 0.190. The number of nitrogens with one attached hydrogen (secondary N) is 1. The molecule has 120 valence electrons. The van der Waals surface area contributed by atoms with Crippen LogP contribution in [0, 0.1) is 0 Å². The standard InChI is InChI=1S/C13H26N6O2/c1-14-11-15-12(18(2)3)17-13(16-11)19(8-10-21-5)7-6-9-20-4/h6-10H2,1-5H3,(H,14,15,16,17). The molecule has 0 amide bonds. The second-order valence-corrected chi connectivity index (χ2v) is 4.73. The monoisotopic (exact) mass is 298 g/mol. The van der Waals surface area contributed by atoms with Crippen LogP contribution in [0.1, 0.15) is 6.42 Å². The van der Waals surface area contributed by atoms with Gasteiger partial charge < -0.3 is 24.6 Å². The van der Waals surface area contributed by atoms with E-state index in [1.807, 2.05) is 19.0 Å². The lowest BCUT2D eigenvalue weighted by atomic mass is 10.4. The van der Waals surface area contributed by atoms with Crippen LogP contribution in [0.5, 0.6) is 0 Å². The third kappa shape index (κ3) is 5.68. The smallest absolute Gasteiger partial charge is 0.232 e. The number of anilines is 3. The molecule has 0 fully saturated rings. The van der Waals surface area contributed by atoms with E-state index in [9.17, 15) is 0 Å². The summed E-state index contributed by atoms with van der Waals surface area (Å²) in [7, 11) is 8.99. The fraction of sp³-hybridized carbons (Fsp3) is 0.769. The first kappa shape index (κ1) is 17.4. The number of hydrogen-bond acceptors (Lipinski definition) is 8. The van der Waals surface area contributed by atoms with Crippen molar-refractivity contribution in [3.8, 4) is 0 Å². The predicted octanol–water partition coefficient (Wildman–Crippen LogP) is 0.469. The molecule has 1 N–H and O–H groups in total. The number of rotatable bonds is 10. The van der Waals surface area contributed by atoms with Crippen LogP contribution in [-0.4, -0.2) is 76.6 Å². The molecule has 0 aliphatic carbocycles. The van der Waals surface area contributed by atoms with Crippen molar-refractivity contribution in [1.29, 1.82) is 0 Å². The predicted molar refractivity (Wildman–Crippen MR) is 84.3 cm³/mol. The highest BCUT2D eigenvalue weighted by Crippen LogP contribution is 2.15. The number of hydrogen-bond donors (Lipinski definition) is 1. The van der Waals surface area contributed by atoms with Crippen LogP contribution in [0.25, 0.3) is 0 Å². The molecule has 0 aromatic carbocycles. The summed E-state index contributed by atoms with van der Waals surface area (Å²) in [4.78, 5) is 17.2. The molecular formula is C13H26N6O2. The Kier molecular flexibility index (Phi) is 7.70. The van der Waals surface area contributed by atoms with E-state index in [4.69, 9.17) is 9.47 Å². The zero-order chi connectivity index (χ0) is 15.7. The highest BCUT2D eigenvalue weighted by atomic mass is 16.5. The van der Waals surface area contributed by atoms with E-state index in [0.717, 1.165) is 19.5 Å². The van der Waals surface area contributed by atoms with Crippen LogP contribution in [0.3, 0.4) is 0 Å².